The maximum absolute atomic E-state index is 12.8. The number of nitrogens with zero attached hydrogens (tertiary/aromatic N) is 1. The van der Waals surface area contributed by atoms with Gasteiger partial charge in [-0.1, -0.05) is 48.0 Å². The number of ether oxygens (including phenoxy) is 1. The number of carbonyl (C=O) groups is 1. The van der Waals surface area contributed by atoms with Gasteiger partial charge < -0.3 is 10.1 Å². The van der Waals surface area contributed by atoms with E-state index in [4.69, 9.17) is 4.74 Å². The van der Waals surface area contributed by atoms with Crippen LogP contribution in [0, 0.1) is 13.8 Å². The maximum Gasteiger partial charge on any atom is 0.261 e. The molecule has 9 nitrogen and oxygen atoms in total. The molecule has 214 valence electrons. The lowest BCUT2D eigenvalue weighted by Gasteiger charge is -2.22. The van der Waals surface area contributed by atoms with E-state index in [1.54, 1.807) is 30.3 Å². The predicted octanol–water partition coefficient (Wildman–Crippen LogP) is 5.09. The highest BCUT2D eigenvalue weighted by molar-refractivity contribution is 7.92. The van der Waals surface area contributed by atoms with E-state index in [2.05, 4.69) is 10.0 Å². The number of anilines is 3. The molecule has 0 aliphatic heterocycles. The summed E-state index contributed by atoms with van der Waals surface area (Å²) in [4.78, 5) is 12.8. The van der Waals surface area contributed by atoms with Gasteiger partial charge in [0.1, 0.15) is 18.9 Å². The molecule has 0 aliphatic carbocycles. The van der Waals surface area contributed by atoms with E-state index >= 15 is 0 Å². The number of benzene rings is 4. The molecule has 0 saturated carbocycles. The first-order valence-corrected chi connectivity index (χ1v) is 16.0. The minimum Gasteiger partial charge on any atom is -0.489 e. The smallest absolute Gasteiger partial charge is 0.261 e. The Labute approximate surface area is 240 Å². The summed E-state index contributed by atoms with van der Waals surface area (Å²) in [5.74, 6) is -0.0404. The molecule has 2 N–H and O–H groups in total. The first-order chi connectivity index (χ1) is 19.4. The Kier molecular flexibility index (Phi) is 8.99. The van der Waals surface area contributed by atoms with Crippen LogP contribution in [0.1, 0.15) is 16.7 Å². The molecular formula is C30H31N3O6S2. The van der Waals surface area contributed by atoms with Gasteiger partial charge in [0.15, 0.2) is 0 Å². The molecule has 4 aromatic carbocycles. The molecule has 0 spiro atoms. The van der Waals surface area contributed by atoms with Crippen molar-refractivity contribution in [3.63, 3.8) is 0 Å². The fourth-order valence-corrected chi connectivity index (χ4v) is 6.02. The molecule has 0 aliphatic rings. The van der Waals surface area contributed by atoms with Crippen molar-refractivity contribution in [2.24, 2.45) is 0 Å². The minimum absolute atomic E-state index is 0.0165. The third-order valence-corrected chi connectivity index (χ3v) is 8.66. The highest BCUT2D eigenvalue weighted by atomic mass is 32.2. The van der Waals surface area contributed by atoms with Crippen molar-refractivity contribution in [3.05, 3.63) is 114 Å². The van der Waals surface area contributed by atoms with Crippen LogP contribution in [0.2, 0.25) is 0 Å². The van der Waals surface area contributed by atoms with Crippen LogP contribution in [0.3, 0.4) is 0 Å². The number of aryl methyl sites for hydroxylation is 2. The predicted molar refractivity (Wildman–Crippen MR) is 161 cm³/mol. The number of hydrogen-bond donors (Lipinski definition) is 2. The molecule has 0 saturated heterocycles. The highest BCUT2D eigenvalue weighted by Gasteiger charge is 2.21. The molecule has 4 aromatic rings. The normalized spacial score (nSPS) is 11.5. The number of hydrogen-bond acceptors (Lipinski definition) is 6. The Morgan fingerprint density at radius 1 is 0.829 bits per heavy atom. The Morgan fingerprint density at radius 3 is 2.10 bits per heavy atom. The maximum atomic E-state index is 12.8. The van der Waals surface area contributed by atoms with E-state index in [1.807, 2.05) is 56.3 Å². The molecule has 0 atom stereocenters. The second kappa shape index (κ2) is 12.4. The lowest BCUT2D eigenvalue weighted by atomic mass is 10.1. The first kappa shape index (κ1) is 29.6. The molecule has 11 heteroatoms. The van der Waals surface area contributed by atoms with Crippen LogP contribution in [0.25, 0.3) is 0 Å². The number of nitrogens with one attached hydrogen (secondary N) is 2. The number of rotatable bonds is 11. The van der Waals surface area contributed by atoms with Gasteiger partial charge in [-0.05, 0) is 79.6 Å². The van der Waals surface area contributed by atoms with E-state index in [1.165, 1.54) is 24.3 Å². The summed E-state index contributed by atoms with van der Waals surface area (Å²) in [6.07, 6.45) is 1.02. The molecule has 4 rings (SSSR count). The van der Waals surface area contributed by atoms with Crippen LogP contribution in [-0.2, 0) is 31.4 Å². The molecule has 1 amide bonds. The van der Waals surface area contributed by atoms with Crippen molar-refractivity contribution in [2.75, 3.05) is 27.1 Å². The van der Waals surface area contributed by atoms with Crippen LogP contribution >= 0.6 is 0 Å². The summed E-state index contributed by atoms with van der Waals surface area (Å²) in [5.41, 5.74) is 3.90. The number of carbonyl (C=O) groups excluding carboxylic acids is 1. The van der Waals surface area contributed by atoms with Gasteiger partial charge in [0.05, 0.1) is 22.5 Å². The topological polar surface area (TPSA) is 122 Å². The largest absolute Gasteiger partial charge is 0.489 e. The molecule has 0 unspecified atom stereocenters. The summed E-state index contributed by atoms with van der Waals surface area (Å²) < 4.78 is 60.0. The van der Waals surface area contributed by atoms with Crippen LogP contribution < -0.4 is 19.1 Å². The van der Waals surface area contributed by atoms with Gasteiger partial charge in [-0.25, -0.2) is 16.8 Å². The van der Waals surface area contributed by atoms with Crippen LogP contribution in [0.4, 0.5) is 17.1 Å². The van der Waals surface area contributed by atoms with E-state index < -0.39 is 32.5 Å². The first-order valence-electron chi connectivity index (χ1n) is 12.7. The van der Waals surface area contributed by atoms with Gasteiger partial charge in [-0.15, -0.1) is 0 Å². The Hall–Kier alpha value is -4.35. The van der Waals surface area contributed by atoms with E-state index in [0.29, 0.717) is 29.4 Å². The fraction of sp³-hybridized carbons (Fsp3) is 0.167. The molecule has 41 heavy (non-hydrogen) atoms. The van der Waals surface area contributed by atoms with Gasteiger partial charge in [0.2, 0.25) is 15.9 Å². The van der Waals surface area contributed by atoms with Crippen LogP contribution in [-0.4, -0.2) is 35.5 Å². The Morgan fingerprint density at radius 2 is 1.49 bits per heavy atom. The third-order valence-electron chi connectivity index (χ3n) is 6.14. The van der Waals surface area contributed by atoms with Crippen molar-refractivity contribution in [2.45, 2.75) is 25.3 Å². The third kappa shape index (κ3) is 8.09. The second-order valence-electron chi connectivity index (χ2n) is 9.53. The zero-order chi connectivity index (χ0) is 29.6. The fourth-order valence-electron chi connectivity index (χ4n) is 4.03. The van der Waals surface area contributed by atoms with Gasteiger partial charge in [-0.3, -0.25) is 13.8 Å². The van der Waals surface area contributed by atoms with Crippen molar-refractivity contribution in [3.8, 4) is 5.75 Å². The summed E-state index contributed by atoms with van der Waals surface area (Å²) in [6, 6.07) is 27.0. The van der Waals surface area contributed by atoms with E-state index in [0.717, 1.165) is 27.3 Å². The average Bonchev–Trinajstić information content (AvgIpc) is 2.93. The molecule has 0 heterocycles. The number of sulfonamides is 2. The molecule has 0 bridgehead atoms. The lowest BCUT2D eigenvalue weighted by Crippen LogP contribution is -2.37. The zero-order valence-corrected chi connectivity index (χ0v) is 24.5. The summed E-state index contributed by atoms with van der Waals surface area (Å²) in [6.45, 7) is 3.63. The van der Waals surface area contributed by atoms with E-state index in [-0.39, 0.29) is 4.90 Å². The Balaban J connectivity index is 1.39. The highest BCUT2D eigenvalue weighted by Crippen LogP contribution is 2.24. The van der Waals surface area contributed by atoms with E-state index in [9.17, 15) is 21.6 Å². The molecule has 0 radical (unpaired) electrons. The summed E-state index contributed by atoms with van der Waals surface area (Å²) in [7, 11) is -7.64. The van der Waals surface area contributed by atoms with Gasteiger partial charge in [-0.2, -0.15) is 0 Å². The number of amides is 1. The minimum atomic E-state index is -3.85. The monoisotopic (exact) mass is 593 g/mol. The molecule has 0 aromatic heterocycles. The summed E-state index contributed by atoms with van der Waals surface area (Å²) >= 11 is 0. The van der Waals surface area contributed by atoms with Crippen LogP contribution in [0.15, 0.2) is 102 Å². The Bertz CT molecular complexity index is 1720. The van der Waals surface area contributed by atoms with Gasteiger partial charge in [0, 0.05) is 5.69 Å². The second-order valence-corrected chi connectivity index (χ2v) is 13.1. The van der Waals surface area contributed by atoms with Crippen LogP contribution in [0.5, 0.6) is 5.75 Å². The average molecular weight is 594 g/mol. The molecular weight excluding hydrogens is 562 g/mol. The standard InChI is InChI=1S/C30H31N3O6S2/c1-22-9-18-29(23(2)19-22)32-41(37,38)28-16-10-25(11-17-28)31-30(34)20-33(40(3,35)36)26-12-14-27(15-13-26)39-21-24-7-5-4-6-8-24/h4-19,32H,20-21H2,1-3H3,(H,31,34). The van der Waals surface area contributed by atoms with Gasteiger partial charge >= 0.3 is 0 Å². The van der Waals surface area contributed by atoms with Crippen molar-refractivity contribution < 1.29 is 26.4 Å². The lowest BCUT2D eigenvalue weighted by molar-refractivity contribution is -0.114. The van der Waals surface area contributed by atoms with Gasteiger partial charge in [0.25, 0.3) is 10.0 Å². The van der Waals surface area contributed by atoms with Crippen molar-refractivity contribution >= 4 is 43.0 Å². The SMILES string of the molecule is Cc1ccc(NS(=O)(=O)c2ccc(NC(=O)CN(c3ccc(OCc4ccccc4)cc3)S(C)(=O)=O)cc2)c(C)c1. The van der Waals surface area contributed by atoms with Crippen molar-refractivity contribution in [1.82, 2.24) is 0 Å². The zero-order valence-electron chi connectivity index (χ0n) is 22.9. The molecule has 0 fully saturated rings. The quantitative estimate of drug-likeness (QED) is 0.250. The summed E-state index contributed by atoms with van der Waals surface area (Å²) in [5, 5.41) is 2.62. The van der Waals surface area contributed by atoms with Crippen molar-refractivity contribution in [1.29, 1.82) is 0 Å².